The standard InChI is InChI=1S/C21H37N7O9S/c1-38-10-8-14(20(36)37)28-18(34)12(3-2-9-25-21(23)24)27-19(35)13(5-7-16(31)32)26-17(33)11(22)4-6-15(29)30/h11-14H,2-10,22H2,1H3,(H,26,33)(H,27,35)(H,28,34)(H,29,30)(H,31,32)(H,36,37)(H4,23,24,25). The van der Waals surface area contributed by atoms with Crippen molar-refractivity contribution >= 4 is 53.4 Å². The van der Waals surface area contributed by atoms with Crippen molar-refractivity contribution in [3.63, 3.8) is 0 Å². The van der Waals surface area contributed by atoms with Gasteiger partial charge in [0.1, 0.15) is 18.1 Å². The maximum Gasteiger partial charge on any atom is 0.326 e. The molecule has 0 aliphatic carbocycles. The summed E-state index contributed by atoms with van der Waals surface area (Å²) in [6, 6.07) is -5.19. The van der Waals surface area contributed by atoms with Crippen LogP contribution in [0.2, 0.25) is 0 Å². The predicted molar refractivity (Wildman–Crippen MR) is 138 cm³/mol. The van der Waals surface area contributed by atoms with Crippen LogP contribution >= 0.6 is 11.8 Å². The minimum atomic E-state index is -1.42. The van der Waals surface area contributed by atoms with E-state index in [2.05, 4.69) is 20.9 Å². The lowest BCUT2D eigenvalue weighted by molar-refractivity contribution is -0.142. The molecule has 0 fully saturated rings. The number of rotatable bonds is 20. The second-order valence-corrected chi connectivity index (χ2v) is 9.21. The van der Waals surface area contributed by atoms with Crippen LogP contribution in [0.25, 0.3) is 0 Å². The molecule has 4 atom stereocenters. The molecule has 12 N–H and O–H groups in total. The first kappa shape index (κ1) is 34.4. The Kier molecular flexibility index (Phi) is 16.9. The number of thioether (sulfide) groups is 1. The molecule has 38 heavy (non-hydrogen) atoms. The Morgan fingerprint density at radius 3 is 1.76 bits per heavy atom. The van der Waals surface area contributed by atoms with E-state index in [4.69, 9.17) is 27.4 Å². The highest BCUT2D eigenvalue weighted by molar-refractivity contribution is 7.98. The number of aliphatic carboxylic acids is 3. The van der Waals surface area contributed by atoms with Gasteiger partial charge in [-0.15, -0.1) is 0 Å². The summed E-state index contributed by atoms with van der Waals surface area (Å²) < 4.78 is 0. The molecule has 0 aromatic carbocycles. The number of guanidine groups is 1. The molecular weight excluding hydrogens is 526 g/mol. The fourth-order valence-corrected chi connectivity index (χ4v) is 3.51. The summed E-state index contributed by atoms with van der Waals surface area (Å²) in [5.41, 5.74) is 16.2. The number of carbonyl (C=O) groups excluding carboxylic acids is 3. The van der Waals surface area contributed by atoms with Crippen molar-refractivity contribution in [2.24, 2.45) is 22.2 Å². The van der Waals surface area contributed by atoms with Gasteiger partial charge in [0.15, 0.2) is 5.96 Å². The van der Waals surface area contributed by atoms with Gasteiger partial charge in [-0.05, 0) is 44.1 Å². The summed E-state index contributed by atoms with van der Waals surface area (Å²) in [5.74, 6) is -6.04. The number of nitrogens with one attached hydrogen (secondary N) is 3. The Labute approximate surface area is 223 Å². The lowest BCUT2D eigenvalue weighted by Gasteiger charge is -2.25. The second-order valence-electron chi connectivity index (χ2n) is 8.22. The van der Waals surface area contributed by atoms with E-state index >= 15 is 0 Å². The third-order valence-electron chi connectivity index (χ3n) is 5.09. The van der Waals surface area contributed by atoms with Gasteiger partial charge in [-0.3, -0.25) is 29.0 Å². The highest BCUT2D eigenvalue weighted by atomic mass is 32.2. The monoisotopic (exact) mass is 563 g/mol. The fraction of sp³-hybridized carbons (Fsp3) is 0.667. The van der Waals surface area contributed by atoms with Crippen molar-refractivity contribution in [3.8, 4) is 0 Å². The maximum atomic E-state index is 13.0. The quantitative estimate of drug-likeness (QED) is 0.0417. The highest BCUT2D eigenvalue weighted by Crippen LogP contribution is 2.07. The van der Waals surface area contributed by atoms with E-state index in [1.165, 1.54) is 11.8 Å². The summed E-state index contributed by atoms with van der Waals surface area (Å²) >= 11 is 1.38. The summed E-state index contributed by atoms with van der Waals surface area (Å²) in [7, 11) is 0. The molecule has 3 amide bonds. The minimum Gasteiger partial charge on any atom is -0.481 e. The summed E-state index contributed by atoms with van der Waals surface area (Å²) in [6.07, 6.45) is 0.601. The molecule has 0 radical (unpaired) electrons. The molecule has 16 nitrogen and oxygen atoms in total. The number of nitrogens with two attached hydrogens (primary N) is 3. The average molecular weight is 564 g/mol. The molecule has 0 spiro atoms. The molecular formula is C21H37N7O9S. The van der Waals surface area contributed by atoms with Gasteiger partial charge in [-0.2, -0.15) is 11.8 Å². The van der Waals surface area contributed by atoms with Gasteiger partial charge in [0.2, 0.25) is 17.7 Å². The molecule has 0 aliphatic rings. The van der Waals surface area contributed by atoms with Crippen LogP contribution in [0.15, 0.2) is 4.99 Å². The van der Waals surface area contributed by atoms with E-state index in [1.54, 1.807) is 6.26 Å². The Morgan fingerprint density at radius 2 is 1.26 bits per heavy atom. The number of hydrogen-bond acceptors (Lipinski definition) is 9. The molecule has 4 unspecified atom stereocenters. The lowest BCUT2D eigenvalue weighted by Crippen LogP contribution is -2.57. The fourth-order valence-electron chi connectivity index (χ4n) is 3.04. The Hall–Kier alpha value is -3.60. The number of amides is 3. The van der Waals surface area contributed by atoms with E-state index in [9.17, 15) is 33.9 Å². The Balaban J connectivity index is 5.66. The van der Waals surface area contributed by atoms with E-state index in [1.807, 2.05) is 0 Å². The summed E-state index contributed by atoms with van der Waals surface area (Å²) in [6.45, 7) is 0.106. The smallest absolute Gasteiger partial charge is 0.326 e. The van der Waals surface area contributed by atoms with Gasteiger partial charge in [0.05, 0.1) is 6.04 Å². The second kappa shape index (κ2) is 18.6. The predicted octanol–water partition coefficient (Wildman–Crippen LogP) is -2.61. The van der Waals surface area contributed by atoms with Gasteiger partial charge in [0, 0.05) is 19.4 Å². The van der Waals surface area contributed by atoms with Crippen molar-refractivity contribution in [1.82, 2.24) is 16.0 Å². The normalized spacial score (nSPS) is 13.7. The summed E-state index contributed by atoms with van der Waals surface area (Å²) in [4.78, 5) is 75.4. The zero-order valence-corrected chi connectivity index (χ0v) is 21.9. The number of carboxylic acid groups (broad SMARTS) is 3. The molecule has 216 valence electrons. The van der Waals surface area contributed by atoms with Crippen LogP contribution < -0.4 is 33.2 Å². The Morgan fingerprint density at radius 1 is 0.763 bits per heavy atom. The van der Waals surface area contributed by atoms with Gasteiger partial charge in [-0.25, -0.2) is 4.79 Å². The maximum absolute atomic E-state index is 13.0. The van der Waals surface area contributed by atoms with Gasteiger partial charge in [-0.1, -0.05) is 0 Å². The van der Waals surface area contributed by atoms with Gasteiger partial charge in [0.25, 0.3) is 0 Å². The SMILES string of the molecule is CSCCC(NC(=O)C(CCCN=C(N)N)NC(=O)C(CCC(=O)O)NC(=O)C(N)CCC(=O)O)C(=O)O. The lowest BCUT2D eigenvalue weighted by atomic mass is 10.1. The minimum absolute atomic E-state index is 0.0130. The molecule has 0 aromatic heterocycles. The summed E-state index contributed by atoms with van der Waals surface area (Å²) in [5, 5.41) is 34.3. The highest BCUT2D eigenvalue weighted by Gasteiger charge is 2.30. The number of nitrogens with zero attached hydrogens (tertiary/aromatic N) is 1. The number of carboxylic acids is 3. The molecule has 17 heteroatoms. The van der Waals surface area contributed by atoms with Crippen LogP contribution in [0.1, 0.15) is 44.9 Å². The molecule has 0 saturated heterocycles. The van der Waals surface area contributed by atoms with Crippen LogP contribution in [-0.4, -0.2) is 99.6 Å². The molecule has 0 saturated carbocycles. The van der Waals surface area contributed by atoms with Crippen molar-refractivity contribution in [2.45, 2.75) is 69.1 Å². The first-order valence-electron chi connectivity index (χ1n) is 11.7. The van der Waals surface area contributed by atoms with Crippen molar-refractivity contribution < 1.29 is 44.1 Å². The third-order valence-corrected chi connectivity index (χ3v) is 5.73. The van der Waals surface area contributed by atoms with Crippen LogP contribution in [0.3, 0.4) is 0 Å². The van der Waals surface area contributed by atoms with Crippen LogP contribution in [0, 0.1) is 0 Å². The molecule has 0 aromatic rings. The average Bonchev–Trinajstić information content (AvgIpc) is 2.83. The molecule has 0 rings (SSSR count). The zero-order valence-electron chi connectivity index (χ0n) is 21.1. The Bertz CT molecular complexity index is 868. The van der Waals surface area contributed by atoms with Crippen molar-refractivity contribution in [2.75, 3.05) is 18.6 Å². The molecule has 0 aliphatic heterocycles. The first-order chi connectivity index (χ1) is 17.8. The largest absolute Gasteiger partial charge is 0.481 e. The van der Waals surface area contributed by atoms with Crippen LogP contribution in [0.4, 0.5) is 0 Å². The number of hydrogen-bond donors (Lipinski definition) is 9. The van der Waals surface area contributed by atoms with E-state index in [0.717, 1.165) is 0 Å². The van der Waals surface area contributed by atoms with E-state index in [-0.39, 0.29) is 44.6 Å². The molecule has 0 bridgehead atoms. The van der Waals surface area contributed by atoms with Crippen LogP contribution in [-0.2, 0) is 28.8 Å². The van der Waals surface area contributed by atoms with Crippen LogP contribution in [0.5, 0.6) is 0 Å². The van der Waals surface area contributed by atoms with Gasteiger partial charge < -0.3 is 48.5 Å². The van der Waals surface area contributed by atoms with E-state index < -0.39 is 72.6 Å². The molecule has 0 heterocycles. The first-order valence-corrected chi connectivity index (χ1v) is 13.0. The van der Waals surface area contributed by atoms with Crippen molar-refractivity contribution in [3.05, 3.63) is 0 Å². The number of carbonyl (C=O) groups is 6. The van der Waals surface area contributed by atoms with Gasteiger partial charge >= 0.3 is 17.9 Å². The third kappa shape index (κ3) is 15.5. The number of aliphatic imine (C=N–C) groups is 1. The topological polar surface area (TPSA) is 290 Å². The van der Waals surface area contributed by atoms with E-state index in [0.29, 0.717) is 5.75 Å². The van der Waals surface area contributed by atoms with Crippen molar-refractivity contribution in [1.29, 1.82) is 0 Å². The zero-order chi connectivity index (χ0) is 29.3.